The summed E-state index contributed by atoms with van der Waals surface area (Å²) in [6.07, 6.45) is 3.48. The first-order chi connectivity index (χ1) is 9.71. The minimum absolute atomic E-state index is 0.0550. The van der Waals surface area contributed by atoms with E-state index >= 15 is 0 Å². The number of carbonyl (C=O) groups excluding carboxylic acids is 1. The number of nitrogens with zero attached hydrogens (tertiary/aromatic N) is 1. The minimum atomic E-state index is -0.317. The molecule has 1 aliphatic rings. The summed E-state index contributed by atoms with van der Waals surface area (Å²) in [6, 6.07) is 15.0. The molecule has 0 saturated heterocycles. The quantitative estimate of drug-likeness (QED) is 0.679. The lowest BCUT2D eigenvalue weighted by Crippen LogP contribution is -2.41. The number of rotatable bonds is 4. The fourth-order valence-electron chi connectivity index (χ4n) is 2.45. The van der Waals surface area contributed by atoms with Crippen LogP contribution in [0.1, 0.15) is 28.9 Å². The van der Waals surface area contributed by atoms with Crippen molar-refractivity contribution in [2.45, 2.75) is 18.3 Å². The summed E-state index contributed by atoms with van der Waals surface area (Å²) in [5.41, 5.74) is 1.44. The maximum absolute atomic E-state index is 12.0. The highest BCUT2D eigenvalue weighted by atomic mass is 16.5. The van der Waals surface area contributed by atoms with Gasteiger partial charge in [0, 0.05) is 24.1 Å². The molecule has 1 N–H and O–H groups in total. The Morgan fingerprint density at radius 2 is 1.85 bits per heavy atom. The zero-order chi connectivity index (χ0) is 14.0. The Kier molecular flexibility index (Phi) is 3.14. The number of carbonyl (C=O) groups is 1. The van der Waals surface area contributed by atoms with Crippen LogP contribution in [0, 0.1) is 5.21 Å². The minimum Gasteiger partial charge on any atom is -0.618 e. The highest BCUT2D eigenvalue weighted by Gasteiger charge is 2.44. The van der Waals surface area contributed by atoms with Gasteiger partial charge >= 0.3 is 5.91 Å². The Hall–Kier alpha value is -2.36. The summed E-state index contributed by atoms with van der Waals surface area (Å²) in [6.45, 7) is 0.574. The number of hydrogen-bond donors (Lipinski definition) is 1. The molecule has 1 aliphatic carbocycles. The SMILES string of the molecule is O=C(NCC1(c2ccccc2)CC1)c1cccc[n+]1[O-]. The predicted octanol–water partition coefficient (Wildman–Crippen LogP) is 1.78. The maximum atomic E-state index is 12.0. The molecule has 0 radical (unpaired) electrons. The molecule has 1 amide bonds. The molecule has 20 heavy (non-hydrogen) atoms. The van der Waals surface area contributed by atoms with Gasteiger partial charge in [0.15, 0.2) is 6.20 Å². The molecule has 0 spiro atoms. The third-order valence-electron chi connectivity index (χ3n) is 3.88. The van der Waals surface area contributed by atoms with Crippen molar-refractivity contribution in [2.24, 2.45) is 0 Å². The van der Waals surface area contributed by atoms with Gasteiger partial charge in [-0.3, -0.25) is 4.79 Å². The molecule has 4 nitrogen and oxygen atoms in total. The van der Waals surface area contributed by atoms with Crippen molar-refractivity contribution < 1.29 is 9.52 Å². The Labute approximate surface area is 117 Å². The van der Waals surface area contributed by atoms with Crippen LogP contribution in [0.5, 0.6) is 0 Å². The number of aromatic nitrogens is 1. The fraction of sp³-hybridized carbons (Fsp3) is 0.250. The van der Waals surface area contributed by atoms with Crippen LogP contribution in [-0.2, 0) is 5.41 Å². The van der Waals surface area contributed by atoms with E-state index in [2.05, 4.69) is 17.4 Å². The standard InChI is InChI=1S/C16H16N2O2/c19-15(14-8-4-5-11-18(14)20)17-12-16(9-10-16)13-6-2-1-3-7-13/h1-8,11H,9-10,12H2,(H,17,19). The molecular formula is C16H16N2O2. The lowest BCUT2D eigenvalue weighted by Gasteiger charge is -2.16. The van der Waals surface area contributed by atoms with E-state index in [4.69, 9.17) is 0 Å². The van der Waals surface area contributed by atoms with Crippen molar-refractivity contribution >= 4 is 5.91 Å². The first-order valence-corrected chi connectivity index (χ1v) is 6.73. The summed E-state index contributed by atoms with van der Waals surface area (Å²) >= 11 is 0. The smallest absolute Gasteiger partial charge is 0.317 e. The molecular weight excluding hydrogens is 252 g/mol. The molecule has 1 heterocycles. The van der Waals surface area contributed by atoms with Crippen molar-refractivity contribution in [1.29, 1.82) is 0 Å². The molecule has 1 fully saturated rings. The van der Waals surface area contributed by atoms with Crippen LogP contribution < -0.4 is 10.0 Å². The van der Waals surface area contributed by atoms with Crippen molar-refractivity contribution in [3.63, 3.8) is 0 Å². The summed E-state index contributed by atoms with van der Waals surface area (Å²) in [7, 11) is 0. The van der Waals surface area contributed by atoms with E-state index < -0.39 is 0 Å². The fourth-order valence-corrected chi connectivity index (χ4v) is 2.45. The predicted molar refractivity (Wildman–Crippen MR) is 75.1 cm³/mol. The van der Waals surface area contributed by atoms with E-state index in [-0.39, 0.29) is 17.0 Å². The van der Waals surface area contributed by atoms with Crippen molar-refractivity contribution in [3.05, 3.63) is 71.2 Å². The van der Waals surface area contributed by atoms with Gasteiger partial charge in [-0.2, -0.15) is 4.73 Å². The highest BCUT2D eigenvalue weighted by Crippen LogP contribution is 2.47. The third-order valence-corrected chi connectivity index (χ3v) is 3.88. The molecule has 0 unspecified atom stereocenters. The lowest BCUT2D eigenvalue weighted by atomic mass is 9.96. The molecule has 4 heteroatoms. The summed E-state index contributed by atoms with van der Waals surface area (Å²) in [4.78, 5) is 12.0. The van der Waals surface area contributed by atoms with E-state index in [9.17, 15) is 10.0 Å². The summed E-state index contributed by atoms with van der Waals surface area (Å²) < 4.78 is 0.595. The number of amides is 1. The Bertz CT molecular complexity index is 621. The summed E-state index contributed by atoms with van der Waals surface area (Å²) in [5.74, 6) is -0.317. The van der Waals surface area contributed by atoms with Gasteiger partial charge in [0.25, 0.3) is 5.69 Å². The molecule has 1 aromatic carbocycles. The molecule has 1 aromatic heterocycles. The average Bonchev–Trinajstić information content (AvgIpc) is 3.27. The van der Waals surface area contributed by atoms with Crippen LogP contribution >= 0.6 is 0 Å². The topological polar surface area (TPSA) is 56.0 Å². The van der Waals surface area contributed by atoms with Crippen LogP contribution in [0.3, 0.4) is 0 Å². The number of benzene rings is 1. The second kappa shape index (κ2) is 4.96. The van der Waals surface area contributed by atoms with Crippen molar-refractivity contribution in [1.82, 2.24) is 5.32 Å². The lowest BCUT2D eigenvalue weighted by molar-refractivity contribution is -0.607. The van der Waals surface area contributed by atoms with Gasteiger partial charge in [0.1, 0.15) is 0 Å². The summed E-state index contributed by atoms with van der Waals surface area (Å²) in [5, 5.41) is 14.4. The number of nitrogens with one attached hydrogen (secondary N) is 1. The van der Waals surface area contributed by atoms with Gasteiger partial charge in [-0.1, -0.05) is 30.3 Å². The van der Waals surface area contributed by atoms with E-state index in [1.165, 1.54) is 17.8 Å². The van der Waals surface area contributed by atoms with Crippen molar-refractivity contribution in [2.75, 3.05) is 6.54 Å². The third kappa shape index (κ3) is 2.37. The average molecular weight is 268 g/mol. The molecule has 0 aliphatic heterocycles. The monoisotopic (exact) mass is 268 g/mol. The second-order valence-electron chi connectivity index (χ2n) is 5.24. The first-order valence-electron chi connectivity index (χ1n) is 6.73. The molecule has 0 atom stereocenters. The van der Waals surface area contributed by atoms with Crippen LogP contribution in [0.4, 0.5) is 0 Å². The van der Waals surface area contributed by atoms with Gasteiger partial charge in [-0.15, -0.1) is 0 Å². The van der Waals surface area contributed by atoms with Crippen LogP contribution in [0.2, 0.25) is 0 Å². The first kappa shape index (κ1) is 12.7. The van der Waals surface area contributed by atoms with Gasteiger partial charge in [0.05, 0.1) is 0 Å². The van der Waals surface area contributed by atoms with Crippen molar-refractivity contribution in [3.8, 4) is 0 Å². The maximum Gasteiger partial charge on any atom is 0.317 e. The van der Waals surface area contributed by atoms with Crippen LogP contribution in [0.15, 0.2) is 54.7 Å². The zero-order valence-electron chi connectivity index (χ0n) is 11.1. The molecule has 102 valence electrons. The number of hydrogen-bond acceptors (Lipinski definition) is 2. The van der Waals surface area contributed by atoms with Crippen LogP contribution in [0.25, 0.3) is 0 Å². The molecule has 0 bridgehead atoms. The van der Waals surface area contributed by atoms with Crippen LogP contribution in [-0.4, -0.2) is 12.5 Å². The second-order valence-corrected chi connectivity index (χ2v) is 5.24. The van der Waals surface area contributed by atoms with Gasteiger partial charge in [-0.05, 0) is 24.5 Å². The highest BCUT2D eigenvalue weighted by molar-refractivity contribution is 5.90. The Morgan fingerprint density at radius 1 is 1.15 bits per heavy atom. The van der Waals surface area contributed by atoms with E-state index in [0.29, 0.717) is 11.3 Å². The molecule has 3 rings (SSSR count). The van der Waals surface area contributed by atoms with Gasteiger partial charge in [-0.25, -0.2) is 0 Å². The largest absolute Gasteiger partial charge is 0.618 e. The molecule has 1 saturated carbocycles. The van der Waals surface area contributed by atoms with E-state index in [1.807, 2.05) is 18.2 Å². The van der Waals surface area contributed by atoms with Gasteiger partial charge in [0.2, 0.25) is 0 Å². The normalized spacial score (nSPS) is 15.6. The molecule has 2 aromatic rings. The Morgan fingerprint density at radius 3 is 2.50 bits per heavy atom. The zero-order valence-corrected chi connectivity index (χ0v) is 11.1. The number of pyridine rings is 1. The Balaban J connectivity index is 1.69. The van der Waals surface area contributed by atoms with Gasteiger partial charge < -0.3 is 10.5 Å². The van der Waals surface area contributed by atoms with E-state index in [0.717, 1.165) is 12.8 Å². The van der Waals surface area contributed by atoms with E-state index in [1.54, 1.807) is 12.1 Å².